The molecule has 0 spiro atoms. The summed E-state index contributed by atoms with van der Waals surface area (Å²) in [5.74, 6) is 0.195. The molecule has 2 atom stereocenters. The Hall–Kier alpha value is -1.55. The van der Waals surface area contributed by atoms with Crippen molar-refractivity contribution in [1.82, 2.24) is 10.2 Å². The fourth-order valence-electron chi connectivity index (χ4n) is 1.97. The zero-order valence-electron chi connectivity index (χ0n) is 10.2. The molecule has 91 valence electrons. The minimum atomic E-state index is -0.340. The van der Waals surface area contributed by atoms with Crippen molar-refractivity contribution in [3.05, 3.63) is 35.9 Å². The van der Waals surface area contributed by atoms with Crippen LogP contribution < -0.4 is 5.32 Å². The van der Waals surface area contributed by atoms with Crippen LogP contribution in [0.15, 0.2) is 30.3 Å². The molecule has 0 aliphatic carbocycles. The predicted octanol–water partition coefficient (Wildman–Crippen LogP) is 1.80. The Morgan fingerprint density at radius 3 is 2.71 bits per heavy atom. The molecule has 1 radical (unpaired) electrons. The van der Waals surface area contributed by atoms with E-state index in [1.165, 1.54) is 10.5 Å². The second-order valence-electron chi connectivity index (χ2n) is 4.38. The monoisotopic (exact) mass is 233 g/mol. The number of rotatable bonds is 2. The molecule has 4 nitrogen and oxygen atoms in total. The maximum Gasteiger partial charge on any atom is 0.410 e. The quantitative estimate of drug-likeness (QED) is 0.781. The molecule has 1 fully saturated rings. The van der Waals surface area contributed by atoms with Crippen LogP contribution in [0, 0.1) is 0 Å². The van der Waals surface area contributed by atoms with Crippen molar-refractivity contribution in [3.8, 4) is 0 Å². The van der Waals surface area contributed by atoms with Crippen molar-refractivity contribution < 1.29 is 9.53 Å². The lowest BCUT2D eigenvalue weighted by Crippen LogP contribution is -2.33. The molecule has 1 aliphatic heterocycles. The van der Waals surface area contributed by atoms with Crippen molar-refractivity contribution in [3.63, 3.8) is 0 Å². The van der Waals surface area contributed by atoms with Gasteiger partial charge in [-0.2, -0.15) is 5.32 Å². The molecular formula is C13H17N2O2. The fourth-order valence-corrected chi connectivity index (χ4v) is 1.97. The second-order valence-corrected chi connectivity index (χ2v) is 4.38. The lowest BCUT2D eigenvalue weighted by atomic mass is 9.97. The Morgan fingerprint density at radius 2 is 2.06 bits per heavy atom. The van der Waals surface area contributed by atoms with Gasteiger partial charge in [0.25, 0.3) is 0 Å². The van der Waals surface area contributed by atoms with Crippen LogP contribution in [0.25, 0.3) is 0 Å². The number of nitrogens with zero attached hydrogens (tertiary/aromatic N) is 2. The molecule has 0 unspecified atom stereocenters. The molecule has 1 saturated heterocycles. The number of carbonyl (C=O) groups excluding carboxylic acids is 1. The number of ether oxygens (including phenoxy) is 1. The third kappa shape index (κ3) is 2.77. The first-order valence-electron chi connectivity index (χ1n) is 5.78. The van der Waals surface area contributed by atoms with E-state index in [9.17, 15) is 4.79 Å². The van der Waals surface area contributed by atoms with Gasteiger partial charge in [-0.25, -0.2) is 4.79 Å². The van der Waals surface area contributed by atoms with Gasteiger partial charge in [-0.1, -0.05) is 30.3 Å². The summed E-state index contributed by atoms with van der Waals surface area (Å²) in [6.45, 7) is 0.755. The van der Waals surface area contributed by atoms with Gasteiger partial charge in [0, 0.05) is 26.6 Å². The molecule has 0 saturated carbocycles. The van der Waals surface area contributed by atoms with Gasteiger partial charge in [0.05, 0.1) is 0 Å². The van der Waals surface area contributed by atoms with Crippen LogP contribution in [0.2, 0.25) is 0 Å². The first-order valence-corrected chi connectivity index (χ1v) is 5.78. The van der Waals surface area contributed by atoms with Gasteiger partial charge in [0.15, 0.2) is 6.23 Å². The van der Waals surface area contributed by atoms with Gasteiger partial charge < -0.3 is 9.64 Å². The smallest absolute Gasteiger partial charge is 0.410 e. The summed E-state index contributed by atoms with van der Waals surface area (Å²) in [5.41, 5.74) is 1.19. The normalized spacial score (nSPS) is 23.4. The second kappa shape index (κ2) is 5.19. The fraction of sp³-hybridized carbons (Fsp3) is 0.462. The highest BCUT2D eigenvalue weighted by molar-refractivity contribution is 5.67. The molecular weight excluding hydrogens is 216 g/mol. The Morgan fingerprint density at radius 1 is 1.35 bits per heavy atom. The number of hydrogen-bond donors (Lipinski definition) is 0. The molecule has 0 bridgehead atoms. The van der Waals surface area contributed by atoms with E-state index in [1.807, 2.05) is 18.2 Å². The van der Waals surface area contributed by atoms with Crippen LogP contribution in [0.4, 0.5) is 4.79 Å². The van der Waals surface area contributed by atoms with Crippen molar-refractivity contribution in [2.75, 3.05) is 20.6 Å². The van der Waals surface area contributed by atoms with Crippen LogP contribution in [-0.4, -0.2) is 37.9 Å². The molecule has 17 heavy (non-hydrogen) atoms. The topological polar surface area (TPSA) is 43.6 Å². The van der Waals surface area contributed by atoms with E-state index >= 15 is 0 Å². The van der Waals surface area contributed by atoms with Crippen LogP contribution in [-0.2, 0) is 4.74 Å². The number of benzene rings is 1. The van der Waals surface area contributed by atoms with E-state index in [-0.39, 0.29) is 18.2 Å². The Labute approximate surface area is 102 Å². The van der Waals surface area contributed by atoms with Crippen LogP contribution >= 0.6 is 0 Å². The molecule has 1 aromatic rings. The van der Waals surface area contributed by atoms with E-state index < -0.39 is 0 Å². The molecule has 1 aliphatic rings. The van der Waals surface area contributed by atoms with E-state index in [1.54, 1.807) is 14.1 Å². The maximum absolute atomic E-state index is 11.5. The SMILES string of the molecule is CN(C)C(=O)O[C@H]1[N]CC[C@@H]1c1ccccc1. The van der Waals surface area contributed by atoms with E-state index in [0.29, 0.717) is 0 Å². The summed E-state index contributed by atoms with van der Waals surface area (Å²) < 4.78 is 5.36. The highest BCUT2D eigenvalue weighted by Gasteiger charge is 2.32. The van der Waals surface area contributed by atoms with Crippen molar-refractivity contribution in [2.24, 2.45) is 0 Å². The molecule has 1 amide bonds. The largest absolute Gasteiger partial charge is 0.428 e. The zero-order valence-corrected chi connectivity index (χ0v) is 10.2. The lowest BCUT2D eigenvalue weighted by Gasteiger charge is -2.21. The van der Waals surface area contributed by atoms with Gasteiger partial charge in [0.2, 0.25) is 0 Å². The van der Waals surface area contributed by atoms with E-state index in [0.717, 1.165) is 13.0 Å². The molecule has 1 heterocycles. The lowest BCUT2D eigenvalue weighted by molar-refractivity contribution is 0.0576. The summed E-state index contributed by atoms with van der Waals surface area (Å²) in [7, 11) is 3.35. The number of carbonyl (C=O) groups is 1. The third-order valence-corrected chi connectivity index (χ3v) is 2.91. The molecule has 0 N–H and O–H groups in total. The molecule has 4 heteroatoms. The molecule has 1 aromatic carbocycles. The van der Waals surface area contributed by atoms with E-state index in [2.05, 4.69) is 17.4 Å². The Kier molecular flexibility index (Phi) is 3.64. The standard InChI is InChI=1S/C13H17N2O2/c1-15(2)13(16)17-12-11(8-9-14-12)10-6-4-3-5-7-10/h3-7,11-12H,8-9H2,1-2H3/t11-,12-/m1/s1. The van der Waals surface area contributed by atoms with Gasteiger partial charge in [-0.15, -0.1) is 0 Å². The zero-order chi connectivity index (χ0) is 12.3. The maximum atomic E-state index is 11.5. The average Bonchev–Trinajstić information content (AvgIpc) is 2.78. The summed E-state index contributed by atoms with van der Waals surface area (Å²) >= 11 is 0. The minimum absolute atomic E-state index is 0.195. The Balaban J connectivity index is 2.05. The molecule has 2 rings (SSSR count). The Bertz CT molecular complexity index is 378. The first-order chi connectivity index (χ1) is 8.18. The van der Waals surface area contributed by atoms with Gasteiger partial charge in [0.1, 0.15) is 0 Å². The summed E-state index contributed by atoms with van der Waals surface area (Å²) in [5, 5.41) is 4.35. The van der Waals surface area contributed by atoms with Crippen LogP contribution in [0.1, 0.15) is 17.9 Å². The predicted molar refractivity (Wildman–Crippen MR) is 64.8 cm³/mol. The van der Waals surface area contributed by atoms with Crippen molar-refractivity contribution >= 4 is 6.09 Å². The van der Waals surface area contributed by atoms with Crippen LogP contribution in [0.3, 0.4) is 0 Å². The summed E-state index contributed by atoms with van der Waals surface area (Å²) in [6.07, 6.45) is 0.268. The first kappa shape index (κ1) is 11.9. The van der Waals surface area contributed by atoms with Gasteiger partial charge in [-0.05, 0) is 12.0 Å². The average molecular weight is 233 g/mol. The minimum Gasteiger partial charge on any atom is -0.428 e. The highest BCUT2D eigenvalue weighted by Crippen LogP contribution is 2.29. The number of amides is 1. The number of hydrogen-bond acceptors (Lipinski definition) is 2. The summed E-state index contributed by atoms with van der Waals surface area (Å²) in [4.78, 5) is 12.9. The van der Waals surface area contributed by atoms with E-state index in [4.69, 9.17) is 4.74 Å². The van der Waals surface area contributed by atoms with Crippen molar-refractivity contribution in [2.45, 2.75) is 18.6 Å². The molecule has 0 aromatic heterocycles. The van der Waals surface area contributed by atoms with Crippen LogP contribution in [0.5, 0.6) is 0 Å². The summed E-state index contributed by atoms with van der Waals surface area (Å²) in [6, 6.07) is 10.1. The van der Waals surface area contributed by atoms with Crippen molar-refractivity contribution in [1.29, 1.82) is 0 Å². The third-order valence-electron chi connectivity index (χ3n) is 2.91. The van der Waals surface area contributed by atoms with Gasteiger partial charge >= 0.3 is 6.09 Å². The van der Waals surface area contributed by atoms with Gasteiger partial charge in [-0.3, -0.25) is 0 Å². The highest BCUT2D eigenvalue weighted by atomic mass is 16.6.